The zero-order valence-electron chi connectivity index (χ0n) is 7.65. The number of rotatable bonds is 2. The van der Waals surface area contributed by atoms with E-state index >= 15 is 0 Å². The van der Waals surface area contributed by atoms with E-state index in [0.29, 0.717) is 11.0 Å². The Morgan fingerprint density at radius 2 is 2.33 bits per heavy atom. The van der Waals surface area contributed by atoms with E-state index in [0.717, 1.165) is 25.7 Å². The number of hydrogen-bond donors (Lipinski definition) is 1. The SMILES string of the molecule is C=C(Cl)C[C@H]1CCCC[C@]1(C)O. The molecule has 0 aromatic rings. The van der Waals surface area contributed by atoms with Crippen molar-refractivity contribution in [2.45, 2.75) is 44.6 Å². The van der Waals surface area contributed by atoms with Gasteiger partial charge in [-0.05, 0) is 32.1 Å². The van der Waals surface area contributed by atoms with Crippen LogP contribution < -0.4 is 0 Å². The molecule has 0 spiro atoms. The van der Waals surface area contributed by atoms with Crippen LogP contribution in [0.15, 0.2) is 11.6 Å². The van der Waals surface area contributed by atoms with Crippen LogP contribution in [0.5, 0.6) is 0 Å². The first kappa shape index (κ1) is 10.1. The van der Waals surface area contributed by atoms with E-state index in [-0.39, 0.29) is 0 Å². The van der Waals surface area contributed by atoms with Gasteiger partial charge in [0.2, 0.25) is 0 Å². The first-order chi connectivity index (χ1) is 5.52. The predicted octanol–water partition coefficient (Wildman–Crippen LogP) is 3.07. The molecule has 1 saturated carbocycles. The molecule has 0 aromatic heterocycles. The molecule has 70 valence electrons. The van der Waals surface area contributed by atoms with Crippen LogP contribution in [0.25, 0.3) is 0 Å². The average molecular weight is 189 g/mol. The molecule has 2 heteroatoms. The molecular weight excluding hydrogens is 172 g/mol. The largest absolute Gasteiger partial charge is 0.390 e. The quantitative estimate of drug-likeness (QED) is 0.706. The third-order valence-corrected chi connectivity index (χ3v) is 2.99. The lowest BCUT2D eigenvalue weighted by atomic mass is 9.75. The lowest BCUT2D eigenvalue weighted by Gasteiger charge is -2.37. The molecule has 1 N–H and O–H groups in total. The summed E-state index contributed by atoms with van der Waals surface area (Å²) in [5.74, 6) is 0.316. The van der Waals surface area contributed by atoms with Crippen LogP contribution in [0.3, 0.4) is 0 Å². The minimum Gasteiger partial charge on any atom is -0.390 e. The highest BCUT2D eigenvalue weighted by Crippen LogP contribution is 2.37. The fraction of sp³-hybridized carbons (Fsp3) is 0.800. The van der Waals surface area contributed by atoms with E-state index in [2.05, 4.69) is 6.58 Å². The highest BCUT2D eigenvalue weighted by Gasteiger charge is 2.34. The molecule has 0 unspecified atom stereocenters. The van der Waals surface area contributed by atoms with E-state index in [1.807, 2.05) is 6.92 Å². The summed E-state index contributed by atoms with van der Waals surface area (Å²) >= 11 is 5.73. The Balaban J connectivity index is 2.54. The van der Waals surface area contributed by atoms with Gasteiger partial charge in [-0.2, -0.15) is 0 Å². The van der Waals surface area contributed by atoms with Gasteiger partial charge in [-0.25, -0.2) is 0 Å². The molecule has 0 aromatic carbocycles. The minimum absolute atomic E-state index is 0.316. The van der Waals surface area contributed by atoms with Crippen LogP contribution in [0, 0.1) is 5.92 Å². The Bertz CT molecular complexity index is 175. The van der Waals surface area contributed by atoms with Crippen LogP contribution in [0.1, 0.15) is 39.0 Å². The second kappa shape index (κ2) is 3.80. The van der Waals surface area contributed by atoms with Gasteiger partial charge in [0.1, 0.15) is 0 Å². The monoisotopic (exact) mass is 188 g/mol. The highest BCUT2D eigenvalue weighted by molar-refractivity contribution is 6.29. The number of aliphatic hydroxyl groups is 1. The van der Waals surface area contributed by atoms with Crippen molar-refractivity contribution in [3.05, 3.63) is 11.6 Å². The third kappa shape index (κ3) is 2.49. The van der Waals surface area contributed by atoms with Crippen LogP contribution in [0.2, 0.25) is 0 Å². The number of allylic oxidation sites excluding steroid dienone is 1. The molecule has 0 aliphatic heterocycles. The fourth-order valence-electron chi connectivity index (χ4n) is 1.98. The fourth-order valence-corrected chi connectivity index (χ4v) is 2.16. The Kier molecular flexibility index (Phi) is 3.19. The normalized spacial score (nSPS) is 36.4. The van der Waals surface area contributed by atoms with Crippen LogP contribution >= 0.6 is 11.6 Å². The van der Waals surface area contributed by atoms with Crippen LogP contribution in [0.4, 0.5) is 0 Å². The summed E-state index contributed by atoms with van der Waals surface area (Å²) in [5.41, 5.74) is -0.518. The summed E-state index contributed by atoms with van der Waals surface area (Å²) in [6.45, 7) is 5.58. The maximum atomic E-state index is 9.98. The van der Waals surface area contributed by atoms with Gasteiger partial charge in [-0.3, -0.25) is 0 Å². The van der Waals surface area contributed by atoms with E-state index in [1.165, 1.54) is 6.42 Å². The smallest absolute Gasteiger partial charge is 0.0651 e. The molecule has 1 fully saturated rings. The molecule has 0 heterocycles. The molecule has 1 aliphatic rings. The zero-order chi connectivity index (χ0) is 9.19. The Labute approximate surface area is 79.4 Å². The van der Waals surface area contributed by atoms with Gasteiger partial charge in [-0.1, -0.05) is 31.0 Å². The van der Waals surface area contributed by atoms with E-state index in [4.69, 9.17) is 11.6 Å². The first-order valence-corrected chi connectivity index (χ1v) is 4.96. The molecule has 0 bridgehead atoms. The molecule has 0 radical (unpaired) electrons. The summed E-state index contributed by atoms with van der Waals surface area (Å²) in [6.07, 6.45) is 5.10. The summed E-state index contributed by atoms with van der Waals surface area (Å²) in [6, 6.07) is 0. The zero-order valence-corrected chi connectivity index (χ0v) is 8.40. The van der Waals surface area contributed by atoms with Crippen molar-refractivity contribution in [2.75, 3.05) is 0 Å². The molecule has 1 nitrogen and oxygen atoms in total. The molecule has 1 aliphatic carbocycles. The van der Waals surface area contributed by atoms with E-state index in [9.17, 15) is 5.11 Å². The summed E-state index contributed by atoms with van der Waals surface area (Å²) < 4.78 is 0. The Morgan fingerprint density at radius 3 is 2.83 bits per heavy atom. The summed E-state index contributed by atoms with van der Waals surface area (Å²) in [7, 11) is 0. The lowest BCUT2D eigenvalue weighted by Crippen LogP contribution is -2.37. The van der Waals surface area contributed by atoms with Crippen molar-refractivity contribution in [3.63, 3.8) is 0 Å². The van der Waals surface area contributed by atoms with Crippen molar-refractivity contribution in [3.8, 4) is 0 Å². The van der Waals surface area contributed by atoms with Crippen LogP contribution in [-0.2, 0) is 0 Å². The van der Waals surface area contributed by atoms with Crippen molar-refractivity contribution in [1.82, 2.24) is 0 Å². The second-order valence-corrected chi connectivity index (χ2v) is 4.56. The molecule has 12 heavy (non-hydrogen) atoms. The number of hydrogen-bond acceptors (Lipinski definition) is 1. The predicted molar refractivity (Wildman–Crippen MR) is 52.2 cm³/mol. The van der Waals surface area contributed by atoms with Crippen molar-refractivity contribution < 1.29 is 5.11 Å². The van der Waals surface area contributed by atoms with Crippen molar-refractivity contribution in [1.29, 1.82) is 0 Å². The topological polar surface area (TPSA) is 20.2 Å². The maximum absolute atomic E-state index is 9.98. The van der Waals surface area contributed by atoms with E-state index in [1.54, 1.807) is 0 Å². The highest BCUT2D eigenvalue weighted by atomic mass is 35.5. The summed E-state index contributed by atoms with van der Waals surface area (Å²) in [5, 5.41) is 10.7. The Hall–Kier alpha value is -0.0100. The molecule has 1 rings (SSSR count). The maximum Gasteiger partial charge on any atom is 0.0651 e. The van der Waals surface area contributed by atoms with Crippen LogP contribution in [-0.4, -0.2) is 10.7 Å². The first-order valence-electron chi connectivity index (χ1n) is 4.58. The average Bonchev–Trinajstić information content (AvgIpc) is 1.92. The third-order valence-electron chi connectivity index (χ3n) is 2.83. The van der Waals surface area contributed by atoms with Gasteiger partial charge >= 0.3 is 0 Å². The molecule has 2 atom stereocenters. The standard InChI is InChI=1S/C10H17ClO/c1-8(11)7-9-5-3-4-6-10(9,2)12/h9,12H,1,3-7H2,2H3/t9-,10+/m1/s1. The Morgan fingerprint density at radius 1 is 1.67 bits per heavy atom. The van der Waals surface area contributed by atoms with Gasteiger partial charge < -0.3 is 5.11 Å². The second-order valence-electron chi connectivity index (χ2n) is 4.02. The van der Waals surface area contributed by atoms with Crippen molar-refractivity contribution in [2.24, 2.45) is 5.92 Å². The van der Waals surface area contributed by atoms with Crippen molar-refractivity contribution >= 4 is 11.6 Å². The molecule has 0 amide bonds. The minimum atomic E-state index is -0.518. The van der Waals surface area contributed by atoms with Gasteiger partial charge in [0.05, 0.1) is 5.60 Å². The molecular formula is C10H17ClO. The van der Waals surface area contributed by atoms with Gasteiger partial charge in [0.15, 0.2) is 0 Å². The molecule has 0 saturated heterocycles. The van der Waals surface area contributed by atoms with Gasteiger partial charge in [0.25, 0.3) is 0 Å². The van der Waals surface area contributed by atoms with Gasteiger partial charge in [0, 0.05) is 5.03 Å². The number of halogens is 1. The summed E-state index contributed by atoms with van der Waals surface area (Å²) in [4.78, 5) is 0. The lowest BCUT2D eigenvalue weighted by molar-refractivity contribution is -0.0307. The van der Waals surface area contributed by atoms with Gasteiger partial charge in [-0.15, -0.1) is 0 Å². The van der Waals surface area contributed by atoms with E-state index < -0.39 is 5.60 Å².